The van der Waals surface area contributed by atoms with Gasteiger partial charge in [0, 0.05) is 48.3 Å². The Hall–Kier alpha value is -4.86. The Morgan fingerprint density at radius 1 is 1.00 bits per heavy atom. The maximum absolute atomic E-state index is 6.25. The van der Waals surface area contributed by atoms with Crippen molar-refractivity contribution in [2.45, 2.75) is 12.6 Å². The van der Waals surface area contributed by atoms with Gasteiger partial charge in [-0.15, -0.1) is 0 Å². The molecule has 2 aliphatic rings. The molecule has 0 radical (unpaired) electrons. The summed E-state index contributed by atoms with van der Waals surface area (Å²) in [6.45, 7) is 1.21. The minimum atomic E-state index is -0.510. The van der Waals surface area contributed by atoms with Crippen LogP contribution in [0.3, 0.4) is 0 Å². The molecule has 5 heterocycles. The lowest BCUT2D eigenvalue weighted by Crippen LogP contribution is -2.31. The standard InChI is InChI=1S/C26H22N8O2/c27-25-30-24(34-20-13-22-21(35-10-5-11-36-22)12-19(20)29-26(34)31-25)18-15-33(17-7-2-1-3-8-17)32-23(18)16-6-4-9-28-14-16/h1-4,6-9,12-15,24H,5,10-11H2,(H3,27,29,30,31). The summed E-state index contributed by atoms with van der Waals surface area (Å²) < 4.78 is 15.7. The highest BCUT2D eigenvalue weighted by Gasteiger charge is 2.30. The van der Waals surface area contributed by atoms with Crippen molar-refractivity contribution < 1.29 is 9.47 Å². The Balaban J connectivity index is 1.45. The van der Waals surface area contributed by atoms with Crippen molar-refractivity contribution in [2.24, 2.45) is 10.7 Å². The second-order valence-corrected chi connectivity index (χ2v) is 8.61. The number of aliphatic imine (C=N–C) groups is 1. The summed E-state index contributed by atoms with van der Waals surface area (Å²) >= 11 is 0. The van der Waals surface area contributed by atoms with E-state index in [0.29, 0.717) is 30.7 Å². The fourth-order valence-corrected chi connectivity index (χ4v) is 4.65. The first-order valence-electron chi connectivity index (χ1n) is 11.7. The summed E-state index contributed by atoms with van der Waals surface area (Å²) in [5.74, 6) is 2.25. The lowest BCUT2D eigenvalue weighted by molar-refractivity contribution is 0.297. The molecular formula is C26H22N8O2. The topological polar surface area (TPSA) is 117 Å². The lowest BCUT2D eigenvalue weighted by Gasteiger charge is -2.23. The first-order chi connectivity index (χ1) is 17.7. The molecule has 36 heavy (non-hydrogen) atoms. The van der Waals surface area contributed by atoms with E-state index in [-0.39, 0.29) is 5.96 Å². The lowest BCUT2D eigenvalue weighted by atomic mass is 10.1. The molecule has 10 nitrogen and oxygen atoms in total. The van der Waals surface area contributed by atoms with E-state index in [4.69, 9.17) is 30.3 Å². The largest absolute Gasteiger partial charge is 0.489 e. The number of imidazole rings is 1. The number of ether oxygens (including phenoxy) is 2. The van der Waals surface area contributed by atoms with Crippen molar-refractivity contribution in [3.8, 4) is 28.4 Å². The van der Waals surface area contributed by atoms with Gasteiger partial charge in [-0.1, -0.05) is 18.2 Å². The number of fused-ring (bicyclic) bond motifs is 4. The van der Waals surface area contributed by atoms with Gasteiger partial charge in [-0.3, -0.25) is 14.9 Å². The van der Waals surface area contributed by atoms with Crippen LogP contribution in [0.5, 0.6) is 11.5 Å². The normalized spacial score (nSPS) is 16.7. The second-order valence-electron chi connectivity index (χ2n) is 8.61. The molecule has 0 saturated carbocycles. The number of hydrogen-bond donors (Lipinski definition) is 2. The van der Waals surface area contributed by atoms with Gasteiger partial charge in [0.25, 0.3) is 0 Å². The zero-order chi connectivity index (χ0) is 24.1. The molecule has 2 aliphatic heterocycles. The fourth-order valence-electron chi connectivity index (χ4n) is 4.65. The quantitative estimate of drug-likeness (QED) is 0.406. The SMILES string of the molecule is NC1=NC(c2cn(-c3ccccc3)nc2-c2cccnc2)n2c(nc3cc4c(cc32)OCCCO4)N1. The molecule has 2 aromatic carbocycles. The molecule has 3 aromatic heterocycles. The van der Waals surface area contributed by atoms with E-state index in [0.717, 1.165) is 40.0 Å². The van der Waals surface area contributed by atoms with Crippen LogP contribution in [-0.2, 0) is 0 Å². The molecule has 0 aliphatic carbocycles. The summed E-state index contributed by atoms with van der Waals surface area (Å²) in [4.78, 5) is 13.9. The number of anilines is 1. The average Bonchev–Trinajstić information content (AvgIpc) is 3.42. The first kappa shape index (κ1) is 20.5. The Morgan fingerprint density at radius 2 is 1.83 bits per heavy atom. The van der Waals surface area contributed by atoms with Gasteiger partial charge in [0.2, 0.25) is 5.95 Å². The zero-order valence-electron chi connectivity index (χ0n) is 19.2. The van der Waals surface area contributed by atoms with Gasteiger partial charge in [0.05, 0.1) is 29.9 Å². The Labute approximate surface area is 206 Å². The van der Waals surface area contributed by atoms with Gasteiger partial charge in [-0.25, -0.2) is 14.7 Å². The molecule has 0 fully saturated rings. The summed E-state index contributed by atoms with van der Waals surface area (Å²) in [7, 11) is 0. The van der Waals surface area contributed by atoms with Crippen LogP contribution in [0.25, 0.3) is 28.0 Å². The molecule has 1 unspecified atom stereocenters. The molecule has 0 bridgehead atoms. The van der Waals surface area contributed by atoms with Gasteiger partial charge >= 0.3 is 0 Å². The van der Waals surface area contributed by atoms with Crippen molar-refractivity contribution in [3.63, 3.8) is 0 Å². The van der Waals surface area contributed by atoms with E-state index < -0.39 is 6.17 Å². The summed E-state index contributed by atoms with van der Waals surface area (Å²) in [5.41, 5.74) is 11.3. The molecule has 0 saturated heterocycles. The van der Waals surface area contributed by atoms with Gasteiger partial charge in [-0.2, -0.15) is 5.10 Å². The fraction of sp³-hybridized carbons (Fsp3) is 0.154. The predicted molar refractivity (Wildman–Crippen MR) is 136 cm³/mol. The van der Waals surface area contributed by atoms with Crippen LogP contribution in [0.15, 0.2) is 78.2 Å². The van der Waals surface area contributed by atoms with Crippen molar-refractivity contribution in [1.82, 2.24) is 24.3 Å². The molecule has 3 N–H and O–H groups in total. The van der Waals surface area contributed by atoms with Crippen LogP contribution in [0.4, 0.5) is 5.95 Å². The summed E-state index contributed by atoms with van der Waals surface area (Å²) in [6.07, 6.45) is 5.85. The van der Waals surface area contributed by atoms with Gasteiger partial charge in [0.1, 0.15) is 5.69 Å². The third kappa shape index (κ3) is 3.34. The number of guanidine groups is 1. The molecule has 178 valence electrons. The number of nitrogens with zero attached hydrogens (tertiary/aromatic N) is 6. The number of nitrogens with one attached hydrogen (secondary N) is 1. The van der Waals surface area contributed by atoms with E-state index in [2.05, 4.69) is 10.3 Å². The van der Waals surface area contributed by atoms with Crippen molar-refractivity contribution in [2.75, 3.05) is 18.5 Å². The number of benzene rings is 2. The van der Waals surface area contributed by atoms with Crippen LogP contribution in [0, 0.1) is 0 Å². The summed E-state index contributed by atoms with van der Waals surface area (Å²) in [6, 6.07) is 17.7. The number of para-hydroxylation sites is 1. The Bertz CT molecular complexity index is 1610. The van der Waals surface area contributed by atoms with Crippen molar-refractivity contribution in [1.29, 1.82) is 0 Å². The molecule has 0 amide bonds. The highest BCUT2D eigenvalue weighted by Crippen LogP contribution is 2.40. The Kier molecular flexibility index (Phi) is 4.63. The van der Waals surface area contributed by atoms with Crippen molar-refractivity contribution >= 4 is 22.9 Å². The number of aromatic nitrogens is 5. The van der Waals surface area contributed by atoms with Gasteiger partial charge < -0.3 is 15.2 Å². The van der Waals surface area contributed by atoms with E-state index >= 15 is 0 Å². The van der Waals surface area contributed by atoms with Gasteiger partial charge in [-0.05, 0) is 24.3 Å². The molecule has 10 heteroatoms. The predicted octanol–water partition coefficient (Wildman–Crippen LogP) is 3.73. The highest BCUT2D eigenvalue weighted by atomic mass is 16.5. The zero-order valence-corrected chi connectivity index (χ0v) is 19.2. The minimum Gasteiger partial charge on any atom is -0.489 e. The van der Waals surface area contributed by atoms with Crippen LogP contribution in [-0.4, -0.2) is 43.5 Å². The minimum absolute atomic E-state index is 0.279. The third-order valence-corrected chi connectivity index (χ3v) is 6.28. The number of rotatable bonds is 3. The monoisotopic (exact) mass is 478 g/mol. The van der Waals surface area contributed by atoms with Crippen LogP contribution >= 0.6 is 0 Å². The number of hydrogen-bond acceptors (Lipinski definition) is 8. The van der Waals surface area contributed by atoms with E-state index in [1.165, 1.54) is 0 Å². The average molecular weight is 479 g/mol. The van der Waals surface area contributed by atoms with Gasteiger partial charge in [0.15, 0.2) is 23.6 Å². The van der Waals surface area contributed by atoms with E-state index in [9.17, 15) is 0 Å². The summed E-state index contributed by atoms with van der Waals surface area (Å²) in [5, 5.41) is 8.05. The van der Waals surface area contributed by atoms with E-state index in [1.54, 1.807) is 12.4 Å². The Morgan fingerprint density at radius 3 is 2.64 bits per heavy atom. The van der Waals surface area contributed by atoms with Crippen LogP contribution < -0.4 is 20.5 Å². The van der Waals surface area contributed by atoms with Crippen LogP contribution in [0.1, 0.15) is 18.2 Å². The molecule has 0 spiro atoms. The first-order valence-corrected chi connectivity index (χ1v) is 11.7. The molecule has 1 atom stereocenters. The third-order valence-electron chi connectivity index (χ3n) is 6.28. The van der Waals surface area contributed by atoms with Crippen molar-refractivity contribution in [3.05, 3.63) is 78.8 Å². The molecular weight excluding hydrogens is 456 g/mol. The number of nitrogens with two attached hydrogens (primary N) is 1. The maximum atomic E-state index is 6.25. The van der Waals surface area contributed by atoms with E-state index in [1.807, 2.05) is 70.0 Å². The number of pyridine rings is 1. The second kappa shape index (κ2) is 8.12. The molecule has 7 rings (SSSR count). The highest BCUT2D eigenvalue weighted by molar-refractivity contribution is 5.95. The maximum Gasteiger partial charge on any atom is 0.212 e. The van der Waals surface area contributed by atoms with Crippen LogP contribution in [0.2, 0.25) is 0 Å². The smallest absolute Gasteiger partial charge is 0.212 e. The molecule has 5 aromatic rings.